The van der Waals surface area contributed by atoms with Crippen LogP contribution in [0.3, 0.4) is 0 Å². The van der Waals surface area contributed by atoms with Crippen LogP contribution in [0.25, 0.3) is 0 Å². The zero-order valence-electron chi connectivity index (χ0n) is 13.1. The molecule has 2 saturated heterocycles. The first-order chi connectivity index (χ1) is 11.0. The van der Waals surface area contributed by atoms with Crippen molar-refractivity contribution in [3.05, 3.63) is 48.3 Å². The first-order valence-corrected chi connectivity index (χ1v) is 7.99. The predicted molar refractivity (Wildman–Crippen MR) is 84.9 cm³/mol. The van der Waals surface area contributed by atoms with Crippen molar-refractivity contribution >= 4 is 11.8 Å². The van der Waals surface area contributed by atoms with Gasteiger partial charge in [-0.15, -0.1) is 0 Å². The number of carbonyl (C=O) groups excluding carboxylic acids is 2. The summed E-state index contributed by atoms with van der Waals surface area (Å²) in [4.78, 5) is 28.3. The van der Waals surface area contributed by atoms with Crippen LogP contribution in [0.4, 0.5) is 4.39 Å². The molecule has 0 bridgehead atoms. The number of rotatable bonds is 3. The molecular weight excluding hydrogens is 295 g/mol. The third kappa shape index (κ3) is 3.00. The molecule has 2 fully saturated rings. The molecule has 0 radical (unpaired) electrons. The molecule has 2 aliphatic rings. The quantitative estimate of drug-likeness (QED) is 0.803. The lowest BCUT2D eigenvalue weighted by atomic mass is 9.78. The second-order valence-electron chi connectivity index (χ2n) is 6.45. The van der Waals surface area contributed by atoms with Crippen molar-refractivity contribution in [1.29, 1.82) is 0 Å². The lowest BCUT2D eigenvalue weighted by Crippen LogP contribution is -2.49. The van der Waals surface area contributed by atoms with Crippen molar-refractivity contribution in [1.82, 2.24) is 9.80 Å². The Hall–Kier alpha value is -2.17. The fraction of sp³-hybridized carbons (Fsp3) is 0.444. The van der Waals surface area contributed by atoms with Crippen LogP contribution < -0.4 is 0 Å². The Morgan fingerprint density at radius 3 is 2.91 bits per heavy atom. The number of piperidine rings is 1. The number of likely N-dealkylation sites (tertiary alicyclic amines) is 2. The maximum atomic E-state index is 13.3. The fourth-order valence-electron chi connectivity index (χ4n) is 3.73. The first kappa shape index (κ1) is 15.7. The molecule has 0 aliphatic carbocycles. The second-order valence-corrected chi connectivity index (χ2v) is 6.45. The molecule has 0 aromatic heterocycles. The molecule has 1 aromatic carbocycles. The Morgan fingerprint density at radius 2 is 2.17 bits per heavy atom. The normalized spacial score (nSPS) is 24.3. The minimum absolute atomic E-state index is 0.0864. The van der Waals surface area contributed by atoms with Gasteiger partial charge in [0, 0.05) is 26.2 Å². The van der Waals surface area contributed by atoms with Gasteiger partial charge in [-0.05, 0) is 43.0 Å². The monoisotopic (exact) mass is 316 g/mol. The number of amides is 2. The van der Waals surface area contributed by atoms with Crippen LogP contribution in [-0.2, 0) is 16.1 Å². The molecule has 1 unspecified atom stereocenters. The van der Waals surface area contributed by atoms with Gasteiger partial charge in [0.2, 0.25) is 11.8 Å². The van der Waals surface area contributed by atoms with E-state index in [0.29, 0.717) is 26.2 Å². The molecular formula is C18H21FN2O2. The highest BCUT2D eigenvalue weighted by Gasteiger charge is 2.49. The molecule has 0 saturated carbocycles. The van der Waals surface area contributed by atoms with Crippen LogP contribution in [0.15, 0.2) is 36.9 Å². The van der Waals surface area contributed by atoms with E-state index in [4.69, 9.17) is 0 Å². The van der Waals surface area contributed by atoms with Gasteiger partial charge in [-0.3, -0.25) is 9.59 Å². The smallest absolute Gasteiger partial charge is 0.245 e. The Labute approximate surface area is 135 Å². The molecule has 0 N–H and O–H groups in total. The average molecular weight is 316 g/mol. The van der Waals surface area contributed by atoms with E-state index < -0.39 is 5.41 Å². The second kappa shape index (κ2) is 6.14. The van der Waals surface area contributed by atoms with Crippen LogP contribution in [0.1, 0.15) is 24.8 Å². The predicted octanol–water partition coefficient (Wildman–Crippen LogP) is 2.35. The van der Waals surface area contributed by atoms with E-state index >= 15 is 0 Å². The molecule has 2 amide bonds. The summed E-state index contributed by atoms with van der Waals surface area (Å²) < 4.78 is 13.3. The van der Waals surface area contributed by atoms with E-state index in [0.717, 1.165) is 24.8 Å². The summed E-state index contributed by atoms with van der Waals surface area (Å²) in [6.45, 7) is 5.76. The zero-order chi connectivity index (χ0) is 16.4. The molecule has 1 atom stereocenters. The number of carbonyl (C=O) groups is 2. The number of benzene rings is 1. The molecule has 23 heavy (non-hydrogen) atoms. The van der Waals surface area contributed by atoms with Crippen molar-refractivity contribution in [2.75, 3.05) is 19.6 Å². The molecule has 122 valence electrons. The van der Waals surface area contributed by atoms with Gasteiger partial charge in [0.1, 0.15) is 5.82 Å². The van der Waals surface area contributed by atoms with Gasteiger partial charge in [0.25, 0.3) is 0 Å². The summed E-state index contributed by atoms with van der Waals surface area (Å²) in [5.41, 5.74) is 0.329. The third-order valence-corrected chi connectivity index (χ3v) is 4.93. The zero-order valence-corrected chi connectivity index (χ0v) is 13.1. The highest BCUT2D eigenvalue weighted by Crippen LogP contribution is 2.40. The van der Waals surface area contributed by atoms with Crippen LogP contribution in [0.5, 0.6) is 0 Å². The highest BCUT2D eigenvalue weighted by atomic mass is 19.1. The minimum atomic E-state index is -0.468. The maximum absolute atomic E-state index is 13.3. The average Bonchev–Trinajstić information content (AvgIpc) is 2.84. The lowest BCUT2D eigenvalue weighted by molar-refractivity contribution is -0.142. The van der Waals surface area contributed by atoms with Crippen molar-refractivity contribution in [3.63, 3.8) is 0 Å². The van der Waals surface area contributed by atoms with E-state index in [2.05, 4.69) is 6.58 Å². The molecule has 2 aliphatic heterocycles. The van der Waals surface area contributed by atoms with Crippen LogP contribution in [0, 0.1) is 11.2 Å². The molecule has 4 nitrogen and oxygen atoms in total. The summed E-state index contributed by atoms with van der Waals surface area (Å²) in [5.74, 6) is -0.312. The van der Waals surface area contributed by atoms with E-state index in [1.54, 1.807) is 15.9 Å². The van der Waals surface area contributed by atoms with Gasteiger partial charge in [0.05, 0.1) is 5.41 Å². The summed E-state index contributed by atoms with van der Waals surface area (Å²) in [6, 6.07) is 6.35. The number of hydrogen-bond donors (Lipinski definition) is 0. The fourth-order valence-corrected chi connectivity index (χ4v) is 3.73. The Morgan fingerprint density at radius 1 is 1.35 bits per heavy atom. The Bertz CT molecular complexity index is 646. The molecule has 3 rings (SSSR count). The van der Waals surface area contributed by atoms with Crippen molar-refractivity contribution in [3.8, 4) is 0 Å². The Balaban J connectivity index is 1.73. The molecule has 5 heteroatoms. The number of nitrogens with zero attached hydrogens (tertiary/aromatic N) is 2. The van der Waals surface area contributed by atoms with Gasteiger partial charge in [-0.1, -0.05) is 18.7 Å². The first-order valence-electron chi connectivity index (χ1n) is 7.99. The van der Waals surface area contributed by atoms with Gasteiger partial charge >= 0.3 is 0 Å². The number of hydrogen-bond acceptors (Lipinski definition) is 2. The third-order valence-electron chi connectivity index (χ3n) is 4.93. The Kier molecular flexibility index (Phi) is 4.20. The van der Waals surface area contributed by atoms with Gasteiger partial charge in [-0.2, -0.15) is 0 Å². The molecule has 1 aromatic rings. The van der Waals surface area contributed by atoms with E-state index in [9.17, 15) is 14.0 Å². The summed E-state index contributed by atoms with van der Waals surface area (Å²) in [7, 11) is 0. The van der Waals surface area contributed by atoms with Gasteiger partial charge in [-0.25, -0.2) is 4.39 Å². The van der Waals surface area contributed by atoms with E-state index in [1.165, 1.54) is 18.2 Å². The summed E-state index contributed by atoms with van der Waals surface area (Å²) in [6.07, 6.45) is 3.70. The maximum Gasteiger partial charge on any atom is 0.245 e. The summed E-state index contributed by atoms with van der Waals surface area (Å²) >= 11 is 0. The largest absolute Gasteiger partial charge is 0.338 e. The summed E-state index contributed by atoms with van der Waals surface area (Å²) in [5, 5.41) is 0. The topological polar surface area (TPSA) is 40.6 Å². The van der Waals surface area contributed by atoms with E-state index in [1.807, 2.05) is 6.07 Å². The van der Waals surface area contributed by atoms with Crippen LogP contribution in [-0.4, -0.2) is 41.2 Å². The minimum Gasteiger partial charge on any atom is -0.338 e. The van der Waals surface area contributed by atoms with E-state index in [-0.39, 0.29) is 17.6 Å². The van der Waals surface area contributed by atoms with Gasteiger partial charge < -0.3 is 9.80 Å². The number of halogens is 1. The van der Waals surface area contributed by atoms with Crippen LogP contribution in [0.2, 0.25) is 0 Å². The van der Waals surface area contributed by atoms with Crippen LogP contribution >= 0.6 is 0 Å². The van der Waals surface area contributed by atoms with Crippen molar-refractivity contribution < 1.29 is 14.0 Å². The van der Waals surface area contributed by atoms with Gasteiger partial charge in [0.15, 0.2) is 0 Å². The molecule has 1 spiro atoms. The highest BCUT2D eigenvalue weighted by molar-refractivity contribution is 5.89. The lowest BCUT2D eigenvalue weighted by Gasteiger charge is -2.38. The SMILES string of the molecule is C=CC(=O)N1CCCC2(CCN(Cc3cccc(F)c3)C2=O)C1. The van der Waals surface area contributed by atoms with Crippen molar-refractivity contribution in [2.45, 2.75) is 25.8 Å². The standard InChI is InChI=1S/C18H21FN2O2/c1-2-16(22)21-9-4-7-18(13-21)8-10-20(17(18)23)12-14-5-3-6-15(19)11-14/h2-3,5-6,11H,1,4,7-10,12-13H2. The van der Waals surface area contributed by atoms with Crippen molar-refractivity contribution in [2.24, 2.45) is 5.41 Å². The molecule has 2 heterocycles.